The number of rotatable bonds is 3. The highest BCUT2D eigenvalue weighted by Gasteiger charge is 2.24. The molecule has 0 atom stereocenters. The van der Waals surface area contributed by atoms with Crippen molar-refractivity contribution in [1.29, 1.82) is 0 Å². The normalized spacial score (nSPS) is 17.0. The van der Waals surface area contributed by atoms with Crippen molar-refractivity contribution in [3.05, 3.63) is 34.7 Å². The molecule has 2 rings (SSSR count). The topological polar surface area (TPSA) is 60.2 Å². The van der Waals surface area contributed by atoms with E-state index in [-0.39, 0.29) is 0 Å². The van der Waals surface area contributed by atoms with Gasteiger partial charge in [-0.25, -0.2) is 8.42 Å². The molecule has 16 heavy (non-hydrogen) atoms. The summed E-state index contributed by atoms with van der Waals surface area (Å²) in [7, 11) is -3.18. The van der Waals surface area contributed by atoms with E-state index in [1.54, 1.807) is 6.07 Å². The molecular formula is C12H15NO2S. The molecule has 0 amide bonds. The molecule has 0 saturated heterocycles. The minimum absolute atomic E-state index is 0.432. The van der Waals surface area contributed by atoms with Gasteiger partial charge in [-0.15, -0.1) is 0 Å². The highest BCUT2D eigenvalue weighted by atomic mass is 32.2. The average Bonchev–Trinajstić information content (AvgIpc) is 2.46. The Morgan fingerprint density at radius 3 is 2.75 bits per heavy atom. The van der Waals surface area contributed by atoms with Crippen molar-refractivity contribution >= 4 is 15.4 Å². The summed E-state index contributed by atoms with van der Waals surface area (Å²) in [5.41, 5.74) is 8.27. The number of hydrogen-bond acceptors (Lipinski definition) is 3. The molecule has 0 aliphatic carbocycles. The summed E-state index contributed by atoms with van der Waals surface area (Å²) in [6.45, 7) is 2.49. The fourth-order valence-electron chi connectivity index (χ4n) is 1.95. The number of aryl methyl sites for hydroxylation is 1. The summed E-state index contributed by atoms with van der Waals surface area (Å²) in [5, 5.41) is 1.34. The van der Waals surface area contributed by atoms with Crippen LogP contribution < -0.4 is 5.73 Å². The number of benzene rings is 1. The highest BCUT2D eigenvalue weighted by molar-refractivity contribution is 7.95. The van der Waals surface area contributed by atoms with E-state index in [4.69, 9.17) is 5.73 Å². The smallest absolute Gasteiger partial charge is 0.200 e. The molecule has 0 spiro atoms. The van der Waals surface area contributed by atoms with Crippen LogP contribution in [0.2, 0.25) is 0 Å². The van der Waals surface area contributed by atoms with Gasteiger partial charge in [0.05, 0.1) is 4.90 Å². The Balaban J connectivity index is 2.42. The first-order chi connectivity index (χ1) is 7.54. The molecule has 0 radical (unpaired) electrons. The Labute approximate surface area is 95.9 Å². The zero-order valence-corrected chi connectivity index (χ0v) is 10.0. The van der Waals surface area contributed by atoms with Gasteiger partial charge in [0.25, 0.3) is 0 Å². The molecule has 1 aliphatic rings. The predicted molar refractivity (Wildman–Crippen MR) is 64.7 cm³/mol. The van der Waals surface area contributed by atoms with Crippen molar-refractivity contribution in [3.63, 3.8) is 0 Å². The van der Waals surface area contributed by atoms with Crippen molar-refractivity contribution in [1.82, 2.24) is 0 Å². The maximum Gasteiger partial charge on any atom is 0.200 e. The van der Waals surface area contributed by atoms with Crippen molar-refractivity contribution in [2.45, 2.75) is 24.7 Å². The van der Waals surface area contributed by atoms with Crippen LogP contribution in [0.1, 0.15) is 24.5 Å². The van der Waals surface area contributed by atoms with Crippen LogP contribution in [0.5, 0.6) is 0 Å². The minimum Gasteiger partial charge on any atom is -0.330 e. The maximum absolute atomic E-state index is 11.7. The summed E-state index contributed by atoms with van der Waals surface area (Å²) in [4.78, 5) is 0.432. The monoisotopic (exact) mass is 237 g/mol. The van der Waals surface area contributed by atoms with Crippen molar-refractivity contribution < 1.29 is 8.42 Å². The molecule has 0 unspecified atom stereocenters. The maximum atomic E-state index is 11.7. The lowest BCUT2D eigenvalue weighted by atomic mass is 10.0. The van der Waals surface area contributed by atoms with Crippen molar-refractivity contribution in [2.24, 2.45) is 5.73 Å². The van der Waals surface area contributed by atoms with Gasteiger partial charge >= 0.3 is 0 Å². The lowest BCUT2D eigenvalue weighted by molar-refractivity contribution is 0.605. The zero-order chi connectivity index (χ0) is 11.8. The fourth-order valence-corrected chi connectivity index (χ4v) is 3.46. The molecule has 86 valence electrons. The quantitative estimate of drug-likeness (QED) is 0.870. The van der Waals surface area contributed by atoms with Gasteiger partial charge < -0.3 is 5.73 Å². The molecule has 4 heteroatoms. The molecule has 1 heterocycles. The van der Waals surface area contributed by atoms with Crippen molar-refractivity contribution in [3.8, 4) is 0 Å². The minimum atomic E-state index is -3.18. The van der Waals surface area contributed by atoms with E-state index in [1.165, 1.54) is 5.41 Å². The molecule has 2 N–H and O–H groups in total. The Bertz CT molecular complexity index is 544. The first-order valence-electron chi connectivity index (χ1n) is 5.31. The van der Waals surface area contributed by atoms with E-state index in [2.05, 4.69) is 0 Å². The van der Waals surface area contributed by atoms with Gasteiger partial charge in [-0.3, -0.25) is 0 Å². The summed E-state index contributed by atoms with van der Waals surface area (Å²) < 4.78 is 23.4. The number of sulfone groups is 1. The standard InChI is InChI=1S/C12H15NO2S/c1-9-8-16(14,15)12-5-4-10(3-2-6-13)7-11(9)12/h4-5,7-8H,2-3,6,13H2,1H3. The van der Waals surface area contributed by atoms with Gasteiger partial charge in [0.1, 0.15) is 0 Å². The number of nitrogens with two attached hydrogens (primary N) is 1. The molecule has 0 aromatic heterocycles. The first-order valence-corrected chi connectivity index (χ1v) is 6.86. The Hall–Kier alpha value is -1.13. The molecular weight excluding hydrogens is 222 g/mol. The van der Waals surface area contributed by atoms with Crippen LogP contribution in [-0.2, 0) is 16.3 Å². The lowest BCUT2D eigenvalue weighted by Gasteiger charge is -2.04. The summed E-state index contributed by atoms with van der Waals surface area (Å²) in [6, 6.07) is 5.53. The summed E-state index contributed by atoms with van der Waals surface area (Å²) >= 11 is 0. The van der Waals surface area contributed by atoms with Crippen LogP contribution in [0.3, 0.4) is 0 Å². The van der Waals surface area contributed by atoms with E-state index in [0.29, 0.717) is 11.4 Å². The van der Waals surface area contributed by atoms with Crippen LogP contribution in [-0.4, -0.2) is 15.0 Å². The summed E-state index contributed by atoms with van der Waals surface area (Å²) in [6.07, 6.45) is 1.82. The number of allylic oxidation sites excluding steroid dienone is 1. The van der Waals surface area contributed by atoms with Gasteiger partial charge in [-0.2, -0.15) is 0 Å². The molecule has 1 aliphatic heterocycles. The third-order valence-electron chi connectivity index (χ3n) is 2.78. The van der Waals surface area contributed by atoms with E-state index >= 15 is 0 Å². The van der Waals surface area contributed by atoms with Crippen LogP contribution >= 0.6 is 0 Å². The number of hydrogen-bond donors (Lipinski definition) is 1. The average molecular weight is 237 g/mol. The van der Waals surface area contributed by atoms with E-state index in [0.717, 1.165) is 29.5 Å². The van der Waals surface area contributed by atoms with Crippen LogP contribution in [0.4, 0.5) is 0 Å². The highest BCUT2D eigenvalue weighted by Crippen LogP contribution is 2.33. The zero-order valence-electron chi connectivity index (χ0n) is 9.23. The second kappa shape index (κ2) is 4.03. The molecule has 3 nitrogen and oxygen atoms in total. The predicted octanol–water partition coefficient (Wildman–Crippen LogP) is 1.73. The SMILES string of the molecule is CC1=CS(=O)(=O)c2ccc(CCCN)cc21. The van der Waals surface area contributed by atoms with Crippen LogP contribution in [0.25, 0.3) is 5.57 Å². The van der Waals surface area contributed by atoms with Gasteiger partial charge in [-0.05, 0) is 49.1 Å². The Morgan fingerprint density at radius 1 is 1.31 bits per heavy atom. The molecule has 0 fully saturated rings. The Morgan fingerprint density at radius 2 is 2.06 bits per heavy atom. The van der Waals surface area contributed by atoms with Gasteiger partial charge in [-0.1, -0.05) is 12.1 Å². The lowest BCUT2D eigenvalue weighted by Crippen LogP contribution is -2.01. The molecule has 1 aromatic carbocycles. The van der Waals surface area contributed by atoms with Gasteiger partial charge in [0, 0.05) is 5.41 Å². The van der Waals surface area contributed by atoms with Crippen LogP contribution in [0, 0.1) is 0 Å². The second-order valence-corrected chi connectivity index (χ2v) is 5.83. The second-order valence-electron chi connectivity index (χ2n) is 4.07. The molecule has 0 saturated carbocycles. The van der Waals surface area contributed by atoms with Crippen molar-refractivity contribution in [2.75, 3.05) is 6.54 Å². The fraction of sp³-hybridized carbons (Fsp3) is 0.333. The third kappa shape index (κ3) is 1.90. The third-order valence-corrected chi connectivity index (χ3v) is 4.41. The molecule has 1 aromatic rings. The largest absolute Gasteiger partial charge is 0.330 e. The van der Waals surface area contributed by atoms with Gasteiger partial charge in [0.2, 0.25) is 9.84 Å². The first kappa shape index (κ1) is 11.4. The van der Waals surface area contributed by atoms with Crippen LogP contribution in [0.15, 0.2) is 28.5 Å². The Kier molecular flexibility index (Phi) is 2.86. The van der Waals surface area contributed by atoms with E-state index < -0.39 is 9.84 Å². The van der Waals surface area contributed by atoms with E-state index in [9.17, 15) is 8.42 Å². The van der Waals surface area contributed by atoms with E-state index in [1.807, 2.05) is 19.1 Å². The van der Waals surface area contributed by atoms with Gasteiger partial charge in [0.15, 0.2) is 0 Å². The summed E-state index contributed by atoms with van der Waals surface area (Å²) in [5.74, 6) is 0. The number of fused-ring (bicyclic) bond motifs is 1. The molecule has 0 bridgehead atoms.